The van der Waals surface area contributed by atoms with Gasteiger partial charge in [0.2, 0.25) is 0 Å². The van der Waals surface area contributed by atoms with Crippen LogP contribution in [0.1, 0.15) is 53.4 Å². The molecule has 1 atom stereocenters. The van der Waals surface area contributed by atoms with E-state index in [4.69, 9.17) is 28.6 Å². The van der Waals surface area contributed by atoms with Crippen LogP contribution in [-0.4, -0.2) is 17.7 Å². The first-order valence-electron chi connectivity index (χ1n) is 8.97. The molecule has 0 radical (unpaired) electrons. The summed E-state index contributed by atoms with van der Waals surface area (Å²) in [5, 5.41) is 7.29. The zero-order valence-electron chi connectivity index (χ0n) is 16.1. The number of carbonyl (C=O) groups excluding carboxylic acids is 1. The minimum Gasteiger partial charge on any atom is -0.462 e. The van der Waals surface area contributed by atoms with E-state index in [1.165, 1.54) is 16.7 Å². The molecule has 0 bridgehead atoms. The van der Waals surface area contributed by atoms with E-state index >= 15 is 0 Å². The van der Waals surface area contributed by atoms with Crippen LogP contribution in [0.4, 0.5) is 5.69 Å². The first-order chi connectivity index (χ1) is 12.8. The van der Waals surface area contributed by atoms with Crippen LogP contribution in [0.25, 0.3) is 0 Å². The van der Waals surface area contributed by atoms with E-state index in [1.807, 2.05) is 0 Å². The number of thiocarbonyl (C=S) groups is 1. The predicted molar refractivity (Wildman–Crippen MR) is 116 cm³/mol. The van der Waals surface area contributed by atoms with Crippen LogP contribution >= 0.6 is 23.8 Å². The zero-order chi connectivity index (χ0) is 20.0. The zero-order valence-corrected chi connectivity index (χ0v) is 17.6. The lowest BCUT2D eigenvalue weighted by molar-refractivity contribution is 0.0526. The second-order valence-corrected chi connectivity index (χ2v) is 7.13. The molecule has 2 aromatic rings. The minimum atomic E-state index is -0.435. The molecule has 0 fully saturated rings. The van der Waals surface area contributed by atoms with Gasteiger partial charge >= 0.3 is 5.97 Å². The lowest BCUT2D eigenvalue weighted by atomic mass is 9.99. The highest BCUT2D eigenvalue weighted by atomic mass is 35.5. The monoisotopic (exact) mass is 404 g/mol. The van der Waals surface area contributed by atoms with Crippen molar-refractivity contribution in [3.05, 3.63) is 63.7 Å². The van der Waals surface area contributed by atoms with Gasteiger partial charge in [-0.05, 0) is 74.3 Å². The normalized spacial score (nSPS) is 11.6. The number of carbonyl (C=O) groups is 1. The van der Waals surface area contributed by atoms with Gasteiger partial charge in [0.15, 0.2) is 5.11 Å². The van der Waals surface area contributed by atoms with Crippen molar-refractivity contribution in [3.63, 3.8) is 0 Å². The van der Waals surface area contributed by atoms with E-state index in [1.54, 1.807) is 25.1 Å². The number of nitrogens with one attached hydrogen (secondary N) is 2. The largest absolute Gasteiger partial charge is 0.462 e. The van der Waals surface area contributed by atoms with Gasteiger partial charge < -0.3 is 15.4 Å². The number of benzene rings is 2. The van der Waals surface area contributed by atoms with Crippen molar-refractivity contribution < 1.29 is 9.53 Å². The van der Waals surface area contributed by atoms with Crippen LogP contribution < -0.4 is 10.6 Å². The third-order valence-corrected chi connectivity index (χ3v) is 4.90. The molecule has 6 heteroatoms. The Balaban J connectivity index is 2.06. The summed E-state index contributed by atoms with van der Waals surface area (Å²) in [4.78, 5) is 11.8. The molecule has 0 aliphatic heterocycles. The number of esters is 1. The third-order valence-electron chi connectivity index (χ3n) is 4.37. The molecule has 0 saturated carbocycles. The van der Waals surface area contributed by atoms with Crippen molar-refractivity contribution in [1.29, 1.82) is 0 Å². The Labute approximate surface area is 171 Å². The molecule has 0 spiro atoms. The summed E-state index contributed by atoms with van der Waals surface area (Å²) in [7, 11) is 0. The third kappa shape index (κ3) is 5.68. The molecule has 0 unspecified atom stereocenters. The van der Waals surface area contributed by atoms with Gasteiger partial charge in [-0.25, -0.2) is 4.79 Å². The van der Waals surface area contributed by atoms with Crippen LogP contribution in [0.15, 0.2) is 36.4 Å². The summed E-state index contributed by atoms with van der Waals surface area (Å²) >= 11 is 11.6. The smallest absolute Gasteiger partial charge is 0.339 e. The predicted octanol–water partition coefficient (Wildman–Crippen LogP) is 5.57. The Morgan fingerprint density at radius 3 is 2.48 bits per heavy atom. The first kappa shape index (κ1) is 21.2. The fourth-order valence-corrected chi connectivity index (χ4v) is 3.21. The number of rotatable bonds is 6. The number of aryl methyl sites for hydroxylation is 2. The minimum absolute atomic E-state index is 0.110. The average molecular weight is 405 g/mol. The standard InChI is InChI=1S/C21H25ClN2O2S/c1-5-19(15-8-7-13(3)14(4)11-15)24-21(27)23-16-9-10-17(18(22)12-16)20(25)26-6-2/h7-12,19H,5-6H2,1-4H3,(H2,23,24,27)/t19-/m1/s1. The number of anilines is 1. The molecule has 2 N–H and O–H groups in total. The Kier molecular flexibility index (Phi) is 7.63. The van der Waals surface area contributed by atoms with Gasteiger partial charge in [0, 0.05) is 5.69 Å². The van der Waals surface area contributed by atoms with Crippen molar-refractivity contribution in [2.24, 2.45) is 0 Å². The van der Waals surface area contributed by atoms with Crippen molar-refractivity contribution in [2.75, 3.05) is 11.9 Å². The Hall–Kier alpha value is -2.11. The van der Waals surface area contributed by atoms with Gasteiger partial charge in [0.25, 0.3) is 0 Å². The molecule has 2 rings (SSSR count). The average Bonchev–Trinajstić information content (AvgIpc) is 2.62. The van der Waals surface area contributed by atoms with Gasteiger partial charge in [-0.15, -0.1) is 0 Å². The maximum absolute atomic E-state index is 11.8. The summed E-state index contributed by atoms with van der Waals surface area (Å²) < 4.78 is 4.98. The second-order valence-electron chi connectivity index (χ2n) is 6.32. The molecule has 2 aromatic carbocycles. The molecule has 0 aliphatic carbocycles. The maximum atomic E-state index is 11.8. The van der Waals surface area contributed by atoms with Crippen molar-refractivity contribution >= 4 is 40.6 Å². The molecule has 144 valence electrons. The van der Waals surface area contributed by atoms with Crippen LogP contribution in [0.3, 0.4) is 0 Å². The van der Waals surface area contributed by atoms with Crippen LogP contribution in [0.5, 0.6) is 0 Å². The lowest BCUT2D eigenvalue weighted by Gasteiger charge is -2.21. The van der Waals surface area contributed by atoms with E-state index in [-0.39, 0.29) is 6.04 Å². The first-order valence-corrected chi connectivity index (χ1v) is 9.75. The van der Waals surface area contributed by atoms with E-state index in [0.29, 0.717) is 28.0 Å². The highest BCUT2D eigenvalue weighted by Crippen LogP contribution is 2.23. The summed E-state index contributed by atoms with van der Waals surface area (Å²) in [6, 6.07) is 11.6. The fourth-order valence-electron chi connectivity index (χ4n) is 2.70. The Morgan fingerprint density at radius 1 is 1.15 bits per heavy atom. The fraction of sp³-hybridized carbons (Fsp3) is 0.333. The second kappa shape index (κ2) is 9.72. The molecule has 0 heterocycles. The number of halogens is 1. The van der Waals surface area contributed by atoms with E-state index < -0.39 is 5.97 Å². The highest BCUT2D eigenvalue weighted by Gasteiger charge is 2.14. The molecule has 0 aromatic heterocycles. The van der Waals surface area contributed by atoms with Gasteiger partial charge in [0.1, 0.15) is 0 Å². The van der Waals surface area contributed by atoms with Crippen LogP contribution in [0, 0.1) is 13.8 Å². The number of hydrogen-bond donors (Lipinski definition) is 2. The molecule has 27 heavy (non-hydrogen) atoms. The van der Waals surface area contributed by atoms with Gasteiger partial charge in [-0.2, -0.15) is 0 Å². The van der Waals surface area contributed by atoms with E-state index in [2.05, 4.69) is 49.6 Å². The quantitative estimate of drug-likeness (QED) is 0.486. The maximum Gasteiger partial charge on any atom is 0.339 e. The summed E-state index contributed by atoms with van der Waals surface area (Å²) in [5.41, 5.74) is 4.77. The van der Waals surface area contributed by atoms with Gasteiger partial charge in [0.05, 0.1) is 23.2 Å². The van der Waals surface area contributed by atoms with Crippen LogP contribution in [-0.2, 0) is 4.74 Å². The van der Waals surface area contributed by atoms with Gasteiger partial charge in [-0.1, -0.05) is 36.7 Å². The van der Waals surface area contributed by atoms with Crippen molar-refractivity contribution in [2.45, 2.75) is 40.2 Å². The summed E-state index contributed by atoms with van der Waals surface area (Å²) in [6.07, 6.45) is 0.896. The SMILES string of the molecule is CCOC(=O)c1ccc(NC(=S)N[C@H](CC)c2ccc(C)c(C)c2)cc1Cl. The highest BCUT2D eigenvalue weighted by molar-refractivity contribution is 7.80. The number of hydrogen-bond acceptors (Lipinski definition) is 3. The van der Waals surface area contributed by atoms with Crippen LogP contribution in [0.2, 0.25) is 5.02 Å². The Bertz CT molecular complexity index is 839. The molecule has 4 nitrogen and oxygen atoms in total. The number of ether oxygens (including phenoxy) is 1. The Morgan fingerprint density at radius 2 is 1.89 bits per heavy atom. The molecular formula is C21H25ClN2O2S. The van der Waals surface area contributed by atoms with Crippen molar-refractivity contribution in [1.82, 2.24) is 5.32 Å². The lowest BCUT2D eigenvalue weighted by Crippen LogP contribution is -2.32. The van der Waals surface area contributed by atoms with Crippen molar-refractivity contribution in [3.8, 4) is 0 Å². The van der Waals surface area contributed by atoms with E-state index in [0.717, 1.165) is 6.42 Å². The van der Waals surface area contributed by atoms with Gasteiger partial charge in [-0.3, -0.25) is 0 Å². The topological polar surface area (TPSA) is 50.4 Å². The molecular weight excluding hydrogens is 380 g/mol. The molecule has 0 amide bonds. The summed E-state index contributed by atoms with van der Waals surface area (Å²) in [5.74, 6) is -0.435. The molecule has 0 aliphatic rings. The molecule has 0 saturated heterocycles. The summed E-state index contributed by atoms with van der Waals surface area (Å²) in [6.45, 7) is 8.38. The van der Waals surface area contributed by atoms with E-state index in [9.17, 15) is 4.79 Å².